The van der Waals surface area contributed by atoms with Crippen LogP contribution in [0.25, 0.3) is 10.9 Å². The number of nitrogens with one attached hydrogen (secondary N) is 1. The maximum atomic E-state index is 12.3. The second-order valence-electron chi connectivity index (χ2n) is 6.40. The molecule has 0 unspecified atom stereocenters. The SMILES string of the molecule is Cc1ccc(NC(=O)CCS(=O)(=O)C2CCCC2)c2cccnc12. The molecule has 1 fully saturated rings. The first-order valence-electron chi connectivity index (χ1n) is 8.33. The molecule has 1 N–H and O–H groups in total. The van der Waals surface area contributed by atoms with Gasteiger partial charge in [-0.05, 0) is 43.5 Å². The van der Waals surface area contributed by atoms with Crippen molar-refractivity contribution in [2.75, 3.05) is 11.1 Å². The first kappa shape index (κ1) is 16.9. The molecule has 1 aliphatic carbocycles. The molecule has 0 atom stereocenters. The molecule has 128 valence electrons. The quantitative estimate of drug-likeness (QED) is 0.902. The third-order valence-corrected chi connectivity index (χ3v) is 6.93. The van der Waals surface area contributed by atoms with Crippen LogP contribution in [0.4, 0.5) is 5.69 Å². The normalized spacial score (nSPS) is 15.7. The largest absolute Gasteiger partial charge is 0.325 e. The van der Waals surface area contributed by atoms with Crippen LogP contribution in [0.3, 0.4) is 0 Å². The van der Waals surface area contributed by atoms with Gasteiger partial charge in [-0.15, -0.1) is 0 Å². The van der Waals surface area contributed by atoms with Crippen molar-refractivity contribution in [3.63, 3.8) is 0 Å². The summed E-state index contributed by atoms with van der Waals surface area (Å²) in [6.07, 6.45) is 5.12. The van der Waals surface area contributed by atoms with Gasteiger partial charge in [0.25, 0.3) is 0 Å². The molecule has 24 heavy (non-hydrogen) atoms. The number of nitrogens with zero attached hydrogens (tertiary/aromatic N) is 1. The summed E-state index contributed by atoms with van der Waals surface area (Å²) in [7, 11) is -3.17. The molecule has 1 saturated carbocycles. The summed E-state index contributed by atoms with van der Waals surface area (Å²) in [5.41, 5.74) is 2.55. The average Bonchev–Trinajstić information content (AvgIpc) is 3.11. The van der Waals surface area contributed by atoms with Gasteiger partial charge in [-0.1, -0.05) is 18.9 Å². The number of hydrogen-bond donors (Lipinski definition) is 1. The van der Waals surface area contributed by atoms with Gasteiger partial charge >= 0.3 is 0 Å². The van der Waals surface area contributed by atoms with Crippen LogP contribution >= 0.6 is 0 Å². The Morgan fingerprint density at radius 1 is 1.25 bits per heavy atom. The second-order valence-corrected chi connectivity index (χ2v) is 8.80. The molecule has 1 amide bonds. The monoisotopic (exact) mass is 346 g/mol. The van der Waals surface area contributed by atoms with Gasteiger partial charge in [0.15, 0.2) is 9.84 Å². The highest BCUT2D eigenvalue weighted by atomic mass is 32.2. The van der Waals surface area contributed by atoms with Crippen molar-refractivity contribution in [1.82, 2.24) is 4.98 Å². The van der Waals surface area contributed by atoms with Gasteiger partial charge < -0.3 is 5.32 Å². The van der Waals surface area contributed by atoms with Gasteiger partial charge in [-0.25, -0.2) is 8.42 Å². The van der Waals surface area contributed by atoms with Crippen molar-refractivity contribution in [2.24, 2.45) is 0 Å². The van der Waals surface area contributed by atoms with Crippen LogP contribution in [0, 0.1) is 6.92 Å². The Hall–Kier alpha value is -1.95. The summed E-state index contributed by atoms with van der Waals surface area (Å²) in [6.45, 7) is 1.97. The second kappa shape index (κ2) is 6.89. The van der Waals surface area contributed by atoms with E-state index in [1.54, 1.807) is 6.20 Å². The first-order chi connectivity index (χ1) is 11.5. The number of hydrogen-bond acceptors (Lipinski definition) is 4. The number of rotatable bonds is 5. The molecule has 5 nitrogen and oxygen atoms in total. The standard InChI is InChI=1S/C18H22N2O3S/c1-13-8-9-16(15-7-4-11-19-18(13)15)20-17(21)10-12-24(22,23)14-5-2-3-6-14/h4,7-9,11,14H,2-3,5-6,10,12H2,1H3,(H,20,21). The highest BCUT2D eigenvalue weighted by Gasteiger charge is 2.28. The highest BCUT2D eigenvalue weighted by molar-refractivity contribution is 7.92. The van der Waals surface area contributed by atoms with Crippen LogP contribution in [-0.4, -0.2) is 30.3 Å². The molecule has 1 aromatic carbocycles. The summed E-state index contributed by atoms with van der Waals surface area (Å²) in [5.74, 6) is -0.350. The Labute approximate surface area is 142 Å². The van der Waals surface area contributed by atoms with E-state index in [-0.39, 0.29) is 23.3 Å². The third-order valence-electron chi connectivity index (χ3n) is 4.67. The lowest BCUT2D eigenvalue weighted by Gasteiger charge is -2.12. The number of sulfone groups is 1. The van der Waals surface area contributed by atoms with Crippen molar-refractivity contribution >= 4 is 32.3 Å². The number of anilines is 1. The van der Waals surface area contributed by atoms with Gasteiger partial charge in [0.2, 0.25) is 5.91 Å². The number of amides is 1. The molecule has 2 aromatic rings. The fourth-order valence-electron chi connectivity index (χ4n) is 3.28. The number of aromatic nitrogens is 1. The van der Waals surface area contributed by atoms with Gasteiger partial charge in [-0.3, -0.25) is 9.78 Å². The van der Waals surface area contributed by atoms with Crippen LogP contribution in [0.1, 0.15) is 37.7 Å². The molecular formula is C18H22N2O3S. The van der Waals surface area contributed by atoms with Crippen molar-refractivity contribution in [3.05, 3.63) is 36.0 Å². The Kier molecular flexibility index (Phi) is 4.85. The van der Waals surface area contributed by atoms with E-state index in [0.717, 1.165) is 42.1 Å². The molecular weight excluding hydrogens is 324 g/mol. The maximum absolute atomic E-state index is 12.3. The molecule has 0 spiro atoms. The molecule has 1 aromatic heterocycles. The van der Waals surface area contributed by atoms with Gasteiger partial charge in [-0.2, -0.15) is 0 Å². The lowest BCUT2D eigenvalue weighted by Crippen LogP contribution is -2.24. The van der Waals surface area contributed by atoms with Crippen LogP contribution in [0.15, 0.2) is 30.5 Å². The van der Waals surface area contributed by atoms with Crippen molar-refractivity contribution in [3.8, 4) is 0 Å². The first-order valence-corrected chi connectivity index (χ1v) is 10.0. The molecule has 0 radical (unpaired) electrons. The molecule has 0 bridgehead atoms. The average molecular weight is 346 g/mol. The van der Waals surface area contributed by atoms with Gasteiger partial charge in [0, 0.05) is 18.0 Å². The Morgan fingerprint density at radius 3 is 2.75 bits per heavy atom. The summed E-state index contributed by atoms with van der Waals surface area (Å²) < 4.78 is 24.5. The molecule has 1 heterocycles. The van der Waals surface area contributed by atoms with E-state index in [1.807, 2.05) is 31.2 Å². The Bertz CT molecular complexity index is 856. The van der Waals surface area contributed by atoms with Crippen molar-refractivity contribution < 1.29 is 13.2 Å². The highest BCUT2D eigenvalue weighted by Crippen LogP contribution is 2.26. The van der Waals surface area contributed by atoms with E-state index in [4.69, 9.17) is 0 Å². The van der Waals surface area contributed by atoms with Crippen LogP contribution in [0.2, 0.25) is 0 Å². The number of aryl methyl sites for hydroxylation is 1. The number of benzene rings is 1. The van der Waals surface area contributed by atoms with E-state index in [0.29, 0.717) is 5.69 Å². The van der Waals surface area contributed by atoms with Crippen molar-refractivity contribution in [1.29, 1.82) is 0 Å². The zero-order valence-electron chi connectivity index (χ0n) is 13.8. The number of carbonyl (C=O) groups is 1. The zero-order chi connectivity index (χ0) is 17.2. The third kappa shape index (κ3) is 3.59. The van der Waals surface area contributed by atoms with E-state index >= 15 is 0 Å². The molecule has 0 saturated heterocycles. The van der Waals surface area contributed by atoms with E-state index < -0.39 is 9.84 Å². The Morgan fingerprint density at radius 2 is 2.00 bits per heavy atom. The van der Waals surface area contributed by atoms with E-state index in [2.05, 4.69) is 10.3 Å². The zero-order valence-corrected chi connectivity index (χ0v) is 14.6. The van der Waals surface area contributed by atoms with Gasteiger partial charge in [0.1, 0.15) is 0 Å². The molecule has 1 aliphatic rings. The fourth-order valence-corrected chi connectivity index (χ4v) is 5.14. The molecule has 6 heteroatoms. The molecule has 0 aliphatic heterocycles. The van der Waals surface area contributed by atoms with Crippen LogP contribution < -0.4 is 5.32 Å². The number of carbonyl (C=O) groups excluding carboxylic acids is 1. The smallest absolute Gasteiger partial charge is 0.225 e. The lowest BCUT2D eigenvalue weighted by molar-refractivity contribution is -0.115. The van der Waals surface area contributed by atoms with Crippen molar-refractivity contribution in [2.45, 2.75) is 44.3 Å². The summed E-state index contributed by atoms with van der Waals surface area (Å²) in [6, 6.07) is 7.46. The Balaban J connectivity index is 1.68. The minimum Gasteiger partial charge on any atom is -0.325 e. The molecule has 3 rings (SSSR count). The summed E-state index contributed by atoms with van der Waals surface area (Å²) in [5, 5.41) is 3.44. The predicted molar refractivity (Wildman–Crippen MR) is 95.8 cm³/mol. The van der Waals surface area contributed by atoms with Crippen LogP contribution in [-0.2, 0) is 14.6 Å². The topological polar surface area (TPSA) is 76.1 Å². The summed E-state index contributed by atoms with van der Waals surface area (Å²) >= 11 is 0. The summed E-state index contributed by atoms with van der Waals surface area (Å²) in [4.78, 5) is 16.5. The minimum atomic E-state index is -3.17. The predicted octanol–water partition coefficient (Wildman–Crippen LogP) is 3.23. The van der Waals surface area contributed by atoms with Crippen LogP contribution in [0.5, 0.6) is 0 Å². The fraction of sp³-hybridized carbons (Fsp3) is 0.444. The maximum Gasteiger partial charge on any atom is 0.225 e. The van der Waals surface area contributed by atoms with E-state index in [1.165, 1.54) is 0 Å². The number of fused-ring (bicyclic) bond motifs is 1. The number of pyridine rings is 1. The van der Waals surface area contributed by atoms with E-state index in [9.17, 15) is 13.2 Å². The van der Waals surface area contributed by atoms with Gasteiger partial charge in [0.05, 0.1) is 22.2 Å². The minimum absolute atomic E-state index is 0.00549. The lowest BCUT2D eigenvalue weighted by atomic mass is 10.1.